The summed E-state index contributed by atoms with van der Waals surface area (Å²) >= 11 is 0. The van der Waals surface area contributed by atoms with Gasteiger partial charge < -0.3 is 5.11 Å². The van der Waals surface area contributed by atoms with Gasteiger partial charge in [-0.1, -0.05) is 89.3 Å². The molecule has 1 N–H and O–H groups in total. The van der Waals surface area contributed by atoms with Crippen LogP contribution in [-0.4, -0.2) is 5.11 Å². The number of phenols is 1. The first-order chi connectivity index (χ1) is 9.84. The Hall–Kier alpha value is -0.980. The minimum Gasteiger partial charge on any atom is -0.508 e. The van der Waals surface area contributed by atoms with E-state index in [2.05, 4.69) is 6.92 Å². The van der Waals surface area contributed by atoms with Crippen molar-refractivity contribution in [1.82, 2.24) is 0 Å². The molecule has 0 saturated carbocycles. The van der Waals surface area contributed by atoms with Gasteiger partial charge in [0.25, 0.3) is 0 Å². The molecular formula is C19H32O. The lowest BCUT2D eigenvalue weighted by Gasteiger charge is -2.04. The van der Waals surface area contributed by atoms with E-state index in [1.807, 2.05) is 18.2 Å². The number of benzene rings is 1. The van der Waals surface area contributed by atoms with Crippen LogP contribution in [0.1, 0.15) is 83.1 Å². The van der Waals surface area contributed by atoms with Gasteiger partial charge >= 0.3 is 0 Å². The molecule has 0 aliphatic carbocycles. The van der Waals surface area contributed by atoms with Crippen molar-refractivity contribution in [2.75, 3.05) is 0 Å². The fourth-order valence-electron chi connectivity index (χ4n) is 2.70. The summed E-state index contributed by atoms with van der Waals surface area (Å²) in [7, 11) is 0. The summed E-state index contributed by atoms with van der Waals surface area (Å²) in [6, 6.07) is 7.71. The monoisotopic (exact) mass is 276 g/mol. The second-order valence-electron chi connectivity index (χ2n) is 5.91. The second kappa shape index (κ2) is 11.8. The Labute approximate surface area is 125 Å². The Morgan fingerprint density at radius 1 is 0.700 bits per heavy atom. The molecule has 0 spiro atoms. The maximum atomic E-state index is 9.67. The van der Waals surface area contributed by atoms with Crippen molar-refractivity contribution in [3.05, 3.63) is 29.8 Å². The predicted molar refractivity (Wildman–Crippen MR) is 88.3 cm³/mol. The smallest absolute Gasteiger partial charge is 0.118 e. The molecule has 0 amide bonds. The summed E-state index contributed by atoms with van der Waals surface area (Å²) in [5.41, 5.74) is 1.10. The van der Waals surface area contributed by atoms with E-state index in [4.69, 9.17) is 0 Å². The third-order valence-corrected chi connectivity index (χ3v) is 4.04. The summed E-state index contributed by atoms with van der Waals surface area (Å²) in [5, 5.41) is 9.67. The normalized spacial score (nSPS) is 10.8. The first kappa shape index (κ1) is 17.1. The molecule has 0 aliphatic heterocycles. The molecule has 0 heterocycles. The summed E-state index contributed by atoms with van der Waals surface area (Å²) in [4.78, 5) is 0. The van der Waals surface area contributed by atoms with E-state index in [-0.39, 0.29) is 0 Å². The Morgan fingerprint density at radius 2 is 1.20 bits per heavy atom. The lowest BCUT2D eigenvalue weighted by atomic mass is 10.0. The van der Waals surface area contributed by atoms with Gasteiger partial charge in [0.1, 0.15) is 5.75 Å². The third kappa shape index (κ3) is 8.24. The molecule has 0 fully saturated rings. The number of aromatic hydroxyl groups is 1. The number of para-hydroxylation sites is 1. The molecule has 0 bridgehead atoms. The average Bonchev–Trinajstić information content (AvgIpc) is 2.46. The van der Waals surface area contributed by atoms with Crippen molar-refractivity contribution >= 4 is 0 Å². The molecule has 1 nitrogen and oxygen atoms in total. The van der Waals surface area contributed by atoms with E-state index >= 15 is 0 Å². The van der Waals surface area contributed by atoms with Crippen molar-refractivity contribution in [2.24, 2.45) is 0 Å². The van der Waals surface area contributed by atoms with Crippen molar-refractivity contribution in [3.63, 3.8) is 0 Å². The van der Waals surface area contributed by atoms with Crippen LogP contribution in [0.5, 0.6) is 5.75 Å². The quantitative estimate of drug-likeness (QED) is 0.448. The van der Waals surface area contributed by atoms with Gasteiger partial charge in [0.2, 0.25) is 0 Å². The van der Waals surface area contributed by atoms with Gasteiger partial charge in [-0.25, -0.2) is 0 Å². The molecular weight excluding hydrogens is 244 g/mol. The Balaban J connectivity index is 1.87. The van der Waals surface area contributed by atoms with Crippen LogP contribution in [0, 0.1) is 0 Å². The van der Waals surface area contributed by atoms with Crippen LogP contribution in [-0.2, 0) is 6.42 Å². The van der Waals surface area contributed by atoms with E-state index in [1.165, 1.54) is 70.6 Å². The Morgan fingerprint density at radius 3 is 1.75 bits per heavy atom. The molecule has 0 aromatic heterocycles. The molecule has 114 valence electrons. The Kier molecular flexibility index (Phi) is 10.1. The average molecular weight is 276 g/mol. The zero-order chi connectivity index (χ0) is 14.5. The van der Waals surface area contributed by atoms with Gasteiger partial charge in [-0.15, -0.1) is 0 Å². The molecule has 20 heavy (non-hydrogen) atoms. The highest BCUT2D eigenvalue weighted by Crippen LogP contribution is 2.19. The largest absolute Gasteiger partial charge is 0.508 e. The standard InChI is InChI=1S/C19H32O/c1-2-3-4-5-6-7-8-9-10-11-12-15-18-16-13-14-17-19(18)20/h13-14,16-17,20H,2-12,15H2,1H3. The van der Waals surface area contributed by atoms with E-state index in [0.29, 0.717) is 5.75 Å². The lowest BCUT2D eigenvalue weighted by Crippen LogP contribution is -1.87. The van der Waals surface area contributed by atoms with E-state index in [1.54, 1.807) is 6.07 Å². The first-order valence-corrected chi connectivity index (χ1v) is 8.61. The molecule has 1 aromatic carbocycles. The van der Waals surface area contributed by atoms with E-state index in [9.17, 15) is 5.11 Å². The van der Waals surface area contributed by atoms with Crippen molar-refractivity contribution in [3.8, 4) is 5.75 Å². The van der Waals surface area contributed by atoms with Crippen molar-refractivity contribution in [1.29, 1.82) is 0 Å². The van der Waals surface area contributed by atoms with Crippen molar-refractivity contribution < 1.29 is 5.11 Å². The van der Waals surface area contributed by atoms with Gasteiger partial charge in [0, 0.05) is 0 Å². The van der Waals surface area contributed by atoms with Crippen LogP contribution in [0.25, 0.3) is 0 Å². The van der Waals surface area contributed by atoms with Gasteiger partial charge in [-0.2, -0.15) is 0 Å². The molecule has 0 atom stereocenters. The number of rotatable bonds is 12. The van der Waals surface area contributed by atoms with Crippen LogP contribution in [0.4, 0.5) is 0 Å². The van der Waals surface area contributed by atoms with Crippen LogP contribution >= 0.6 is 0 Å². The minimum absolute atomic E-state index is 0.458. The number of aryl methyl sites for hydroxylation is 1. The van der Waals surface area contributed by atoms with Gasteiger partial charge in [-0.3, -0.25) is 0 Å². The molecule has 0 aliphatic rings. The zero-order valence-corrected chi connectivity index (χ0v) is 13.2. The second-order valence-corrected chi connectivity index (χ2v) is 5.91. The molecule has 0 unspecified atom stereocenters. The summed E-state index contributed by atoms with van der Waals surface area (Å²) in [6.45, 7) is 2.27. The molecule has 1 heteroatoms. The van der Waals surface area contributed by atoms with E-state index in [0.717, 1.165) is 12.0 Å². The first-order valence-electron chi connectivity index (χ1n) is 8.61. The van der Waals surface area contributed by atoms with Gasteiger partial charge in [0.15, 0.2) is 0 Å². The maximum absolute atomic E-state index is 9.67. The summed E-state index contributed by atoms with van der Waals surface area (Å²) < 4.78 is 0. The summed E-state index contributed by atoms with van der Waals surface area (Å²) in [6.07, 6.45) is 16.1. The molecule has 0 saturated heterocycles. The highest BCUT2D eigenvalue weighted by molar-refractivity contribution is 5.31. The Bertz CT molecular complexity index is 332. The number of hydrogen-bond acceptors (Lipinski definition) is 1. The molecule has 1 aromatic rings. The topological polar surface area (TPSA) is 20.2 Å². The number of phenolic OH excluding ortho intramolecular Hbond substituents is 1. The maximum Gasteiger partial charge on any atom is 0.118 e. The highest BCUT2D eigenvalue weighted by Gasteiger charge is 1.99. The van der Waals surface area contributed by atoms with Crippen LogP contribution in [0.2, 0.25) is 0 Å². The third-order valence-electron chi connectivity index (χ3n) is 4.04. The number of unbranched alkanes of at least 4 members (excludes halogenated alkanes) is 10. The predicted octanol–water partition coefficient (Wildman–Crippen LogP) is 6.25. The zero-order valence-electron chi connectivity index (χ0n) is 13.2. The van der Waals surface area contributed by atoms with Crippen molar-refractivity contribution in [2.45, 2.75) is 84.0 Å². The van der Waals surface area contributed by atoms with Crippen LogP contribution < -0.4 is 0 Å². The minimum atomic E-state index is 0.458. The number of hydrogen-bond donors (Lipinski definition) is 1. The van der Waals surface area contributed by atoms with Gasteiger partial charge in [-0.05, 0) is 24.5 Å². The van der Waals surface area contributed by atoms with E-state index < -0.39 is 0 Å². The SMILES string of the molecule is CCCCCCCCCCCCCc1ccccc1O. The van der Waals surface area contributed by atoms with Gasteiger partial charge in [0.05, 0.1) is 0 Å². The lowest BCUT2D eigenvalue weighted by molar-refractivity contribution is 0.466. The van der Waals surface area contributed by atoms with Crippen LogP contribution in [0.3, 0.4) is 0 Å². The molecule has 0 radical (unpaired) electrons. The fourth-order valence-corrected chi connectivity index (χ4v) is 2.70. The van der Waals surface area contributed by atoms with Crippen LogP contribution in [0.15, 0.2) is 24.3 Å². The molecule has 1 rings (SSSR count). The summed E-state index contributed by atoms with van der Waals surface area (Å²) in [5.74, 6) is 0.458. The fraction of sp³-hybridized carbons (Fsp3) is 0.684. The highest BCUT2D eigenvalue weighted by atomic mass is 16.3.